The number of carbonyl (C=O) groups is 1. The van der Waals surface area contributed by atoms with E-state index in [1.807, 2.05) is 6.92 Å². The van der Waals surface area contributed by atoms with Gasteiger partial charge < -0.3 is 9.84 Å². The lowest BCUT2D eigenvalue weighted by Gasteiger charge is -2.23. The fourth-order valence-electron chi connectivity index (χ4n) is 1.77. The Morgan fingerprint density at radius 1 is 1.41 bits per heavy atom. The van der Waals surface area contributed by atoms with E-state index in [1.165, 1.54) is 0 Å². The number of hydrogen-bond acceptors (Lipinski definition) is 4. The highest BCUT2D eigenvalue weighted by Crippen LogP contribution is 2.24. The summed E-state index contributed by atoms with van der Waals surface area (Å²) in [5.41, 5.74) is 1.69. The summed E-state index contributed by atoms with van der Waals surface area (Å²) in [7, 11) is 0. The minimum absolute atomic E-state index is 0.378. The average molecular weight is 236 g/mol. The number of carboxylic acids is 1. The quantitative estimate of drug-likeness (QED) is 0.835. The van der Waals surface area contributed by atoms with Gasteiger partial charge in [-0.05, 0) is 20.8 Å². The van der Waals surface area contributed by atoms with Crippen LogP contribution in [0.25, 0.3) is 0 Å². The standard InChI is InChI=1S/C12H16N2O3/c1-7-8-6-17-5-4-9(8)14-10(13-7)12(2,3)11(15)16/h4-6H2,1-3H3,(H,15,16). The van der Waals surface area contributed by atoms with Crippen molar-refractivity contribution in [1.82, 2.24) is 9.97 Å². The summed E-state index contributed by atoms with van der Waals surface area (Å²) in [6.45, 7) is 6.27. The van der Waals surface area contributed by atoms with Crippen LogP contribution in [0.15, 0.2) is 0 Å². The number of aromatic nitrogens is 2. The van der Waals surface area contributed by atoms with Crippen molar-refractivity contribution < 1.29 is 14.6 Å². The lowest BCUT2D eigenvalue weighted by atomic mass is 9.92. The zero-order chi connectivity index (χ0) is 12.6. The lowest BCUT2D eigenvalue weighted by molar-refractivity contribution is -0.142. The van der Waals surface area contributed by atoms with Crippen LogP contribution in [0.5, 0.6) is 0 Å². The number of aryl methyl sites for hydroxylation is 1. The molecule has 0 unspecified atom stereocenters. The lowest BCUT2D eigenvalue weighted by Crippen LogP contribution is -2.32. The molecule has 1 aliphatic rings. The van der Waals surface area contributed by atoms with Crippen LogP contribution in [0.2, 0.25) is 0 Å². The maximum atomic E-state index is 11.2. The van der Waals surface area contributed by atoms with Gasteiger partial charge in [0.15, 0.2) is 0 Å². The van der Waals surface area contributed by atoms with Crippen molar-refractivity contribution in [3.05, 3.63) is 22.8 Å². The highest BCUT2D eigenvalue weighted by atomic mass is 16.5. The van der Waals surface area contributed by atoms with Gasteiger partial charge in [-0.3, -0.25) is 4.79 Å². The second kappa shape index (κ2) is 4.07. The Bertz CT molecular complexity index is 469. The minimum atomic E-state index is -1.06. The largest absolute Gasteiger partial charge is 0.481 e. The highest BCUT2D eigenvalue weighted by Gasteiger charge is 2.34. The van der Waals surface area contributed by atoms with Crippen LogP contribution >= 0.6 is 0 Å². The van der Waals surface area contributed by atoms with Gasteiger partial charge in [-0.2, -0.15) is 0 Å². The first kappa shape index (κ1) is 12.0. The molecule has 0 saturated heterocycles. The third kappa shape index (κ3) is 2.02. The molecule has 0 spiro atoms. The predicted molar refractivity (Wildman–Crippen MR) is 60.8 cm³/mol. The van der Waals surface area contributed by atoms with Crippen LogP contribution in [0, 0.1) is 6.92 Å². The molecular formula is C12H16N2O3. The zero-order valence-electron chi connectivity index (χ0n) is 10.3. The molecule has 0 bridgehead atoms. The topological polar surface area (TPSA) is 72.3 Å². The van der Waals surface area contributed by atoms with Gasteiger partial charge in [0, 0.05) is 17.7 Å². The van der Waals surface area contributed by atoms with Gasteiger partial charge >= 0.3 is 5.97 Å². The Balaban J connectivity index is 2.51. The zero-order valence-corrected chi connectivity index (χ0v) is 10.3. The first-order chi connectivity index (χ1) is 7.93. The van der Waals surface area contributed by atoms with Crippen molar-refractivity contribution in [1.29, 1.82) is 0 Å². The first-order valence-electron chi connectivity index (χ1n) is 5.61. The van der Waals surface area contributed by atoms with E-state index in [2.05, 4.69) is 9.97 Å². The van der Waals surface area contributed by atoms with E-state index in [4.69, 9.17) is 4.74 Å². The Kier molecular flexibility index (Phi) is 2.87. The van der Waals surface area contributed by atoms with E-state index in [-0.39, 0.29) is 0 Å². The van der Waals surface area contributed by atoms with Gasteiger partial charge in [0.2, 0.25) is 0 Å². The molecule has 0 aromatic carbocycles. The molecule has 92 valence electrons. The van der Waals surface area contributed by atoms with Gasteiger partial charge in [-0.1, -0.05) is 0 Å². The monoisotopic (exact) mass is 236 g/mol. The molecular weight excluding hydrogens is 220 g/mol. The van der Waals surface area contributed by atoms with E-state index in [1.54, 1.807) is 13.8 Å². The Morgan fingerprint density at radius 2 is 2.12 bits per heavy atom. The molecule has 0 saturated carbocycles. The first-order valence-corrected chi connectivity index (χ1v) is 5.61. The van der Waals surface area contributed by atoms with Crippen LogP contribution in [0.3, 0.4) is 0 Å². The van der Waals surface area contributed by atoms with Crippen molar-refractivity contribution in [2.75, 3.05) is 6.61 Å². The third-order valence-electron chi connectivity index (χ3n) is 3.12. The molecule has 2 rings (SSSR count). The van der Waals surface area contributed by atoms with Gasteiger partial charge in [-0.15, -0.1) is 0 Å². The van der Waals surface area contributed by atoms with Crippen LogP contribution < -0.4 is 0 Å². The molecule has 0 amide bonds. The van der Waals surface area contributed by atoms with E-state index in [0.29, 0.717) is 19.0 Å². The van der Waals surface area contributed by atoms with Crippen LogP contribution in [-0.2, 0) is 28.0 Å². The average Bonchev–Trinajstić information content (AvgIpc) is 2.28. The molecule has 0 atom stereocenters. The van der Waals surface area contributed by atoms with Gasteiger partial charge in [0.1, 0.15) is 11.2 Å². The molecule has 2 heterocycles. The number of rotatable bonds is 2. The Labute approximate surface area is 99.9 Å². The smallest absolute Gasteiger partial charge is 0.316 e. The summed E-state index contributed by atoms with van der Waals surface area (Å²) >= 11 is 0. The van der Waals surface area contributed by atoms with Crippen molar-refractivity contribution >= 4 is 5.97 Å². The SMILES string of the molecule is Cc1nc(C(C)(C)C(=O)O)nc2c1COCC2. The highest BCUT2D eigenvalue weighted by molar-refractivity contribution is 5.79. The molecule has 1 N–H and O–H groups in total. The summed E-state index contributed by atoms with van der Waals surface area (Å²) in [6, 6.07) is 0. The predicted octanol–water partition coefficient (Wildman–Crippen LogP) is 1.22. The summed E-state index contributed by atoms with van der Waals surface area (Å²) in [6.07, 6.45) is 0.724. The Hall–Kier alpha value is -1.49. The fraction of sp³-hybridized carbons (Fsp3) is 0.583. The molecule has 1 aromatic rings. The van der Waals surface area contributed by atoms with Crippen molar-refractivity contribution in [2.24, 2.45) is 0 Å². The number of ether oxygens (including phenoxy) is 1. The molecule has 17 heavy (non-hydrogen) atoms. The third-order valence-corrected chi connectivity index (χ3v) is 3.12. The van der Waals surface area contributed by atoms with E-state index in [0.717, 1.165) is 23.4 Å². The van der Waals surface area contributed by atoms with Crippen LogP contribution in [0.4, 0.5) is 0 Å². The van der Waals surface area contributed by atoms with Gasteiger partial charge in [-0.25, -0.2) is 9.97 Å². The number of hydrogen-bond donors (Lipinski definition) is 1. The van der Waals surface area contributed by atoms with Crippen molar-refractivity contribution in [2.45, 2.75) is 39.2 Å². The van der Waals surface area contributed by atoms with Crippen molar-refractivity contribution in [3.8, 4) is 0 Å². The van der Waals surface area contributed by atoms with Gasteiger partial charge in [0.25, 0.3) is 0 Å². The molecule has 1 aliphatic heterocycles. The number of carboxylic acid groups (broad SMARTS) is 1. The normalized spacial score (nSPS) is 15.5. The second-order valence-electron chi connectivity index (χ2n) is 4.79. The number of aliphatic carboxylic acids is 1. The summed E-state index contributed by atoms with van der Waals surface area (Å²) < 4.78 is 5.35. The molecule has 1 aromatic heterocycles. The maximum Gasteiger partial charge on any atom is 0.316 e. The van der Waals surface area contributed by atoms with Crippen molar-refractivity contribution in [3.63, 3.8) is 0 Å². The summed E-state index contributed by atoms with van der Waals surface area (Å²) in [4.78, 5) is 19.9. The minimum Gasteiger partial charge on any atom is -0.481 e. The molecule has 5 heteroatoms. The van der Waals surface area contributed by atoms with E-state index < -0.39 is 11.4 Å². The number of nitrogens with zero attached hydrogens (tertiary/aromatic N) is 2. The molecule has 0 aliphatic carbocycles. The van der Waals surface area contributed by atoms with E-state index in [9.17, 15) is 9.90 Å². The maximum absolute atomic E-state index is 11.2. The molecule has 5 nitrogen and oxygen atoms in total. The van der Waals surface area contributed by atoms with Crippen LogP contribution in [-0.4, -0.2) is 27.7 Å². The molecule has 0 fully saturated rings. The Morgan fingerprint density at radius 3 is 2.76 bits per heavy atom. The second-order valence-corrected chi connectivity index (χ2v) is 4.79. The summed E-state index contributed by atoms with van der Waals surface area (Å²) in [5.74, 6) is -0.535. The number of fused-ring (bicyclic) bond motifs is 1. The van der Waals surface area contributed by atoms with Gasteiger partial charge in [0.05, 0.1) is 18.9 Å². The van der Waals surface area contributed by atoms with E-state index >= 15 is 0 Å². The fourth-order valence-corrected chi connectivity index (χ4v) is 1.77. The van der Waals surface area contributed by atoms with Crippen LogP contribution in [0.1, 0.15) is 36.6 Å². The molecule has 0 radical (unpaired) electrons. The summed E-state index contributed by atoms with van der Waals surface area (Å²) in [5, 5.41) is 9.18.